The highest BCUT2D eigenvalue weighted by molar-refractivity contribution is 7.16. The van der Waals surface area contributed by atoms with Gasteiger partial charge in [0.25, 0.3) is 0 Å². The minimum Gasteiger partial charge on any atom is -0.472 e. The van der Waals surface area contributed by atoms with Crippen LogP contribution in [0.2, 0.25) is 0 Å². The van der Waals surface area contributed by atoms with Crippen LogP contribution in [-0.4, -0.2) is 24.1 Å². The fourth-order valence-corrected chi connectivity index (χ4v) is 2.73. The summed E-state index contributed by atoms with van der Waals surface area (Å²) in [6.45, 7) is 0.752. The summed E-state index contributed by atoms with van der Waals surface area (Å²) in [4.78, 5) is 12.1. The largest absolute Gasteiger partial charge is 0.472 e. The van der Waals surface area contributed by atoms with Gasteiger partial charge in [-0.1, -0.05) is 0 Å². The maximum atomic E-state index is 5.10. The first kappa shape index (κ1) is 12.0. The minimum absolute atomic E-state index is 0.643. The van der Waals surface area contributed by atoms with Crippen LogP contribution < -0.4 is 10.2 Å². The number of furan rings is 1. The van der Waals surface area contributed by atoms with Crippen LogP contribution in [0.15, 0.2) is 34.5 Å². The molecule has 0 fully saturated rings. The fourth-order valence-electron chi connectivity index (χ4n) is 1.97. The van der Waals surface area contributed by atoms with Gasteiger partial charge in [-0.15, -0.1) is 11.3 Å². The van der Waals surface area contributed by atoms with Crippen LogP contribution in [0.3, 0.4) is 0 Å². The van der Waals surface area contributed by atoms with E-state index in [0.29, 0.717) is 5.95 Å². The fraction of sp³-hybridized carbons (Fsp3) is 0.231. The van der Waals surface area contributed by atoms with Gasteiger partial charge < -0.3 is 14.6 Å². The summed E-state index contributed by atoms with van der Waals surface area (Å²) in [6, 6.07) is 4.02. The quantitative estimate of drug-likeness (QED) is 0.792. The van der Waals surface area contributed by atoms with E-state index < -0.39 is 0 Å². The standard InChI is InChI=1S/C13H14N4OS/c1-14-13-15-11(10-4-6-19-12(10)16-13)17(2)7-9-3-5-18-8-9/h3-6,8H,7H2,1-2H3,(H,14,15,16). The lowest BCUT2D eigenvalue weighted by atomic mass is 10.3. The third-order valence-electron chi connectivity index (χ3n) is 2.89. The molecule has 1 N–H and O–H groups in total. The van der Waals surface area contributed by atoms with Crippen LogP contribution in [0.5, 0.6) is 0 Å². The second-order valence-electron chi connectivity index (χ2n) is 4.25. The van der Waals surface area contributed by atoms with Crippen molar-refractivity contribution in [2.75, 3.05) is 24.3 Å². The first-order valence-electron chi connectivity index (χ1n) is 5.93. The maximum Gasteiger partial charge on any atom is 0.225 e. The van der Waals surface area contributed by atoms with Crippen molar-refractivity contribution in [3.8, 4) is 0 Å². The second-order valence-corrected chi connectivity index (χ2v) is 5.14. The number of fused-ring (bicyclic) bond motifs is 1. The molecule has 5 nitrogen and oxygen atoms in total. The number of nitrogens with zero attached hydrogens (tertiary/aromatic N) is 3. The number of anilines is 2. The Labute approximate surface area is 114 Å². The van der Waals surface area contributed by atoms with E-state index in [1.165, 1.54) is 0 Å². The van der Waals surface area contributed by atoms with E-state index in [4.69, 9.17) is 4.42 Å². The lowest BCUT2D eigenvalue weighted by Gasteiger charge is -2.18. The Balaban J connectivity index is 2.00. The van der Waals surface area contributed by atoms with Crippen molar-refractivity contribution in [1.29, 1.82) is 0 Å². The Morgan fingerprint density at radius 2 is 2.26 bits per heavy atom. The van der Waals surface area contributed by atoms with E-state index in [2.05, 4.69) is 26.3 Å². The zero-order valence-corrected chi connectivity index (χ0v) is 11.6. The van der Waals surface area contributed by atoms with E-state index in [-0.39, 0.29) is 0 Å². The lowest BCUT2D eigenvalue weighted by molar-refractivity contribution is 0.563. The van der Waals surface area contributed by atoms with Gasteiger partial charge in [-0.2, -0.15) is 4.98 Å². The zero-order valence-electron chi connectivity index (χ0n) is 10.8. The summed E-state index contributed by atoms with van der Waals surface area (Å²) in [7, 11) is 3.85. The van der Waals surface area contributed by atoms with E-state index in [1.54, 1.807) is 23.9 Å². The summed E-state index contributed by atoms with van der Waals surface area (Å²) < 4.78 is 5.10. The van der Waals surface area contributed by atoms with Gasteiger partial charge in [0.15, 0.2) is 0 Å². The van der Waals surface area contributed by atoms with Gasteiger partial charge in [-0.3, -0.25) is 0 Å². The molecular formula is C13H14N4OS. The van der Waals surface area contributed by atoms with Crippen molar-refractivity contribution in [1.82, 2.24) is 9.97 Å². The molecular weight excluding hydrogens is 260 g/mol. The Kier molecular flexibility index (Phi) is 3.08. The summed E-state index contributed by atoms with van der Waals surface area (Å²) in [5, 5.41) is 6.12. The van der Waals surface area contributed by atoms with Crippen LogP contribution in [0.25, 0.3) is 10.2 Å². The first-order chi connectivity index (χ1) is 9.28. The molecule has 0 atom stereocenters. The predicted molar refractivity (Wildman–Crippen MR) is 77.8 cm³/mol. The third-order valence-corrected chi connectivity index (χ3v) is 3.70. The summed E-state index contributed by atoms with van der Waals surface area (Å²) in [6.07, 6.45) is 3.43. The monoisotopic (exact) mass is 274 g/mol. The number of thiophene rings is 1. The molecule has 3 heterocycles. The zero-order chi connectivity index (χ0) is 13.2. The molecule has 6 heteroatoms. The average molecular weight is 274 g/mol. The molecule has 0 radical (unpaired) electrons. The van der Waals surface area contributed by atoms with Gasteiger partial charge in [0.2, 0.25) is 5.95 Å². The van der Waals surface area contributed by atoms with Crippen molar-refractivity contribution in [2.24, 2.45) is 0 Å². The molecule has 0 unspecified atom stereocenters. The summed E-state index contributed by atoms with van der Waals surface area (Å²) in [5.41, 5.74) is 1.12. The Morgan fingerprint density at radius 1 is 1.37 bits per heavy atom. The highest BCUT2D eigenvalue weighted by Crippen LogP contribution is 2.29. The summed E-state index contributed by atoms with van der Waals surface area (Å²) in [5.74, 6) is 1.57. The van der Waals surface area contributed by atoms with Gasteiger partial charge in [0.05, 0.1) is 17.9 Å². The Hall–Kier alpha value is -2.08. The molecule has 0 aromatic carbocycles. The third kappa shape index (κ3) is 2.26. The number of hydrogen-bond donors (Lipinski definition) is 1. The maximum absolute atomic E-state index is 5.10. The molecule has 0 bridgehead atoms. The van der Waals surface area contributed by atoms with E-state index in [1.807, 2.05) is 25.5 Å². The molecule has 19 heavy (non-hydrogen) atoms. The van der Waals surface area contributed by atoms with Crippen LogP contribution in [0, 0.1) is 0 Å². The second kappa shape index (κ2) is 4.89. The minimum atomic E-state index is 0.643. The number of nitrogens with one attached hydrogen (secondary N) is 1. The molecule has 3 rings (SSSR count). The predicted octanol–water partition coefficient (Wildman–Crippen LogP) is 2.96. The lowest BCUT2D eigenvalue weighted by Crippen LogP contribution is -2.18. The van der Waals surface area contributed by atoms with Crippen molar-refractivity contribution in [3.63, 3.8) is 0 Å². The van der Waals surface area contributed by atoms with Gasteiger partial charge in [-0.05, 0) is 17.5 Å². The topological polar surface area (TPSA) is 54.2 Å². The molecule has 3 aromatic heterocycles. The number of rotatable bonds is 4. The molecule has 0 saturated carbocycles. The van der Waals surface area contributed by atoms with Gasteiger partial charge in [-0.25, -0.2) is 4.98 Å². The molecule has 3 aromatic rings. The normalized spacial score (nSPS) is 10.8. The van der Waals surface area contributed by atoms with E-state index >= 15 is 0 Å². The smallest absolute Gasteiger partial charge is 0.225 e. The molecule has 0 saturated heterocycles. The van der Waals surface area contributed by atoms with Crippen LogP contribution >= 0.6 is 11.3 Å². The number of aromatic nitrogens is 2. The van der Waals surface area contributed by atoms with Gasteiger partial charge in [0, 0.05) is 26.2 Å². The molecule has 0 aliphatic heterocycles. The van der Waals surface area contributed by atoms with E-state index in [0.717, 1.165) is 28.1 Å². The number of hydrogen-bond acceptors (Lipinski definition) is 6. The molecule has 0 amide bonds. The first-order valence-corrected chi connectivity index (χ1v) is 6.81. The molecule has 98 valence electrons. The van der Waals surface area contributed by atoms with Crippen molar-refractivity contribution >= 4 is 33.3 Å². The van der Waals surface area contributed by atoms with Crippen LogP contribution in [-0.2, 0) is 6.54 Å². The van der Waals surface area contributed by atoms with E-state index in [9.17, 15) is 0 Å². The molecule has 0 aliphatic carbocycles. The highest BCUT2D eigenvalue weighted by atomic mass is 32.1. The van der Waals surface area contributed by atoms with Gasteiger partial charge >= 0.3 is 0 Å². The highest BCUT2D eigenvalue weighted by Gasteiger charge is 2.12. The van der Waals surface area contributed by atoms with Crippen molar-refractivity contribution < 1.29 is 4.42 Å². The van der Waals surface area contributed by atoms with Crippen molar-refractivity contribution in [2.45, 2.75) is 6.54 Å². The molecule has 0 spiro atoms. The summed E-state index contributed by atoms with van der Waals surface area (Å²) >= 11 is 1.62. The van der Waals surface area contributed by atoms with Gasteiger partial charge in [0.1, 0.15) is 10.6 Å². The SMILES string of the molecule is CNc1nc(N(C)Cc2ccoc2)c2ccsc2n1. The Bertz CT molecular complexity index is 677. The molecule has 0 aliphatic rings. The Morgan fingerprint density at radius 3 is 3.00 bits per heavy atom. The van der Waals surface area contributed by atoms with Crippen molar-refractivity contribution in [3.05, 3.63) is 35.6 Å². The van der Waals surface area contributed by atoms with Crippen LogP contribution in [0.1, 0.15) is 5.56 Å². The average Bonchev–Trinajstić information content (AvgIpc) is 3.07. The van der Waals surface area contributed by atoms with Crippen LogP contribution in [0.4, 0.5) is 11.8 Å².